The van der Waals surface area contributed by atoms with Crippen LogP contribution in [0, 0.1) is 5.92 Å². The Morgan fingerprint density at radius 2 is 2.36 bits per heavy atom. The van der Waals surface area contributed by atoms with E-state index in [-0.39, 0.29) is 6.04 Å². The number of halogens is 1. The van der Waals surface area contributed by atoms with Gasteiger partial charge in [-0.1, -0.05) is 24.4 Å². The number of nitrogens with zero attached hydrogens (tertiary/aromatic N) is 1. The first-order valence-corrected chi connectivity index (χ1v) is 5.51. The molecule has 0 amide bonds. The second-order valence-electron chi connectivity index (χ2n) is 4.00. The zero-order chi connectivity index (χ0) is 9.97. The van der Waals surface area contributed by atoms with Crippen LogP contribution in [0.5, 0.6) is 0 Å². The van der Waals surface area contributed by atoms with Gasteiger partial charge in [0.2, 0.25) is 0 Å². The van der Waals surface area contributed by atoms with Crippen molar-refractivity contribution < 1.29 is 0 Å². The molecule has 1 unspecified atom stereocenters. The Bertz CT molecular complexity index is 310. The molecule has 2 rings (SSSR count). The Morgan fingerprint density at radius 3 is 3.00 bits per heavy atom. The molecule has 1 saturated carbocycles. The molecule has 0 spiro atoms. The van der Waals surface area contributed by atoms with E-state index >= 15 is 0 Å². The zero-order valence-electron chi connectivity index (χ0n) is 8.12. The molecule has 1 aliphatic rings. The van der Waals surface area contributed by atoms with Crippen molar-refractivity contribution in [1.29, 1.82) is 0 Å². The monoisotopic (exact) mass is 210 g/mol. The Morgan fingerprint density at radius 1 is 1.57 bits per heavy atom. The van der Waals surface area contributed by atoms with Crippen LogP contribution in [-0.4, -0.2) is 4.98 Å². The number of rotatable bonds is 4. The molecule has 2 nitrogen and oxygen atoms in total. The third-order valence-electron chi connectivity index (χ3n) is 2.72. The lowest BCUT2D eigenvalue weighted by Gasteiger charge is -2.11. The van der Waals surface area contributed by atoms with E-state index in [1.807, 2.05) is 12.1 Å². The minimum Gasteiger partial charge on any atom is -0.323 e. The van der Waals surface area contributed by atoms with Crippen molar-refractivity contribution in [2.75, 3.05) is 0 Å². The lowest BCUT2D eigenvalue weighted by Crippen LogP contribution is -2.12. The first kappa shape index (κ1) is 9.94. The van der Waals surface area contributed by atoms with Crippen molar-refractivity contribution in [3.05, 3.63) is 29.0 Å². The molecule has 1 aromatic rings. The third kappa shape index (κ3) is 2.46. The molecule has 14 heavy (non-hydrogen) atoms. The third-order valence-corrected chi connectivity index (χ3v) is 3.04. The molecule has 2 N–H and O–H groups in total. The molecule has 3 heteroatoms. The molecule has 0 saturated heterocycles. The van der Waals surface area contributed by atoms with Crippen LogP contribution in [0.25, 0.3) is 0 Å². The van der Waals surface area contributed by atoms with E-state index in [2.05, 4.69) is 4.98 Å². The van der Waals surface area contributed by atoms with E-state index < -0.39 is 0 Å². The number of aromatic nitrogens is 1. The van der Waals surface area contributed by atoms with Gasteiger partial charge in [-0.2, -0.15) is 0 Å². The SMILES string of the molecule is NC(CCC1CC1)c1ncccc1Cl. The van der Waals surface area contributed by atoms with Crippen molar-refractivity contribution in [1.82, 2.24) is 4.98 Å². The number of hydrogen-bond acceptors (Lipinski definition) is 2. The largest absolute Gasteiger partial charge is 0.323 e. The highest BCUT2D eigenvalue weighted by atomic mass is 35.5. The van der Waals surface area contributed by atoms with Crippen molar-refractivity contribution in [3.8, 4) is 0 Å². The van der Waals surface area contributed by atoms with Gasteiger partial charge in [0.05, 0.1) is 10.7 Å². The maximum Gasteiger partial charge on any atom is 0.0756 e. The quantitative estimate of drug-likeness (QED) is 0.830. The molecule has 1 aromatic heterocycles. The van der Waals surface area contributed by atoms with E-state index in [4.69, 9.17) is 17.3 Å². The standard InChI is InChI=1S/C11H15ClN2/c12-9-2-1-7-14-11(9)10(13)6-5-8-3-4-8/h1-2,7-8,10H,3-6,13H2. The second kappa shape index (κ2) is 4.28. The highest BCUT2D eigenvalue weighted by molar-refractivity contribution is 6.31. The van der Waals surface area contributed by atoms with Crippen LogP contribution in [0.3, 0.4) is 0 Å². The van der Waals surface area contributed by atoms with Crippen molar-refractivity contribution in [2.24, 2.45) is 11.7 Å². The summed E-state index contributed by atoms with van der Waals surface area (Å²) in [5.41, 5.74) is 6.87. The normalized spacial score (nSPS) is 18.1. The Kier molecular flexibility index (Phi) is 3.04. The topological polar surface area (TPSA) is 38.9 Å². The van der Waals surface area contributed by atoms with Gasteiger partial charge in [-0.05, 0) is 30.9 Å². The lowest BCUT2D eigenvalue weighted by molar-refractivity contribution is 0.565. The van der Waals surface area contributed by atoms with Gasteiger partial charge in [0.25, 0.3) is 0 Å². The molecular formula is C11H15ClN2. The van der Waals surface area contributed by atoms with Crippen LogP contribution >= 0.6 is 11.6 Å². The summed E-state index contributed by atoms with van der Waals surface area (Å²) in [5, 5.41) is 0.691. The van der Waals surface area contributed by atoms with Gasteiger partial charge >= 0.3 is 0 Å². The molecule has 1 fully saturated rings. The van der Waals surface area contributed by atoms with E-state index in [1.54, 1.807) is 6.20 Å². The van der Waals surface area contributed by atoms with Crippen molar-refractivity contribution >= 4 is 11.6 Å². The van der Waals surface area contributed by atoms with Gasteiger partial charge in [-0.25, -0.2) is 0 Å². The molecule has 76 valence electrons. The Balaban J connectivity index is 1.95. The molecule has 0 bridgehead atoms. The van der Waals surface area contributed by atoms with E-state index in [9.17, 15) is 0 Å². The minimum atomic E-state index is 0.00398. The lowest BCUT2D eigenvalue weighted by atomic mass is 10.1. The van der Waals surface area contributed by atoms with E-state index in [0.717, 1.165) is 18.0 Å². The Labute approximate surface area is 89.5 Å². The van der Waals surface area contributed by atoms with Crippen LogP contribution in [0.4, 0.5) is 0 Å². The summed E-state index contributed by atoms with van der Waals surface area (Å²) < 4.78 is 0. The van der Waals surface area contributed by atoms with Crippen LogP contribution in [0.2, 0.25) is 5.02 Å². The van der Waals surface area contributed by atoms with Gasteiger partial charge < -0.3 is 5.73 Å². The second-order valence-corrected chi connectivity index (χ2v) is 4.40. The van der Waals surface area contributed by atoms with Crippen molar-refractivity contribution in [3.63, 3.8) is 0 Å². The zero-order valence-corrected chi connectivity index (χ0v) is 8.87. The van der Waals surface area contributed by atoms with E-state index in [1.165, 1.54) is 19.3 Å². The smallest absolute Gasteiger partial charge is 0.0756 e. The average molecular weight is 211 g/mol. The van der Waals surface area contributed by atoms with Crippen molar-refractivity contribution in [2.45, 2.75) is 31.7 Å². The fraction of sp³-hybridized carbons (Fsp3) is 0.545. The van der Waals surface area contributed by atoms with E-state index in [0.29, 0.717) is 5.02 Å². The fourth-order valence-corrected chi connectivity index (χ4v) is 1.89. The molecular weight excluding hydrogens is 196 g/mol. The fourth-order valence-electron chi connectivity index (χ4n) is 1.63. The molecule has 0 aliphatic heterocycles. The first-order chi connectivity index (χ1) is 6.77. The van der Waals surface area contributed by atoms with Gasteiger partial charge in [0, 0.05) is 12.2 Å². The molecule has 1 atom stereocenters. The Hall–Kier alpha value is -0.600. The molecule has 1 aliphatic carbocycles. The van der Waals surface area contributed by atoms with Gasteiger partial charge in [0.1, 0.15) is 0 Å². The van der Waals surface area contributed by atoms with Crippen LogP contribution in [-0.2, 0) is 0 Å². The summed E-state index contributed by atoms with van der Waals surface area (Å²) in [6, 6.07) is 3.68. The summed E-state index contributed by atoms with van der Waals surface area (Å²) in [7, 11) is 0. The van der Waals surface area contributed by atoms with Crippen LogP contribution in [0.1, 0.15) is 37.4 Å². The predicted molar refractivity (Wildman–Crippen MR) is 58.1 cm³/mol. The van der Waals surface area contributed by atoms with Gasteiger partial charge in [-0.3, -0.25) is 4.98 Å². The number of pyridine rings is 1. The minimum absolute atomic E-state index is 0.00398. The summed E-state index contributed by atoms with van der Waals surface area (Å²) in [6.45, 7) is 0. The number of hydrogen-bond donors (Lipinski definition) is 1. The highest BCUT2D eigenvalue weighted by Gasteiger charge is 2.22. The van der Waals surface area contributed by atoms with Crippen LogP contribution in [0.15, 0.2) is 18.3 Å². The maximum absolute atomic E-state index is 6.02. The van der Waals surface area contributed by atoms with Crippen LogP contribution < -0.4 is 5.73 Å². The summed E-state index contributed by atoms with van der Waals surface area (Å²) in [4.78, 5) is 4.22. The first-order valence-electron chi connectivity index (χ1n) is 5.13. The average Bonchev–Trinajstić information content (AvgIpc) is 2.98. The summed E-state index contributed by atoms with van der Waals surface area (Å²) in [6.07, 6.45) is 6.72. The maximum atomic E-state index is 6.02. The predicted octanol–water partition coefficient (Wildman–Crippen LogP) is 2.93. The molecule has 0 aromatic carbocycles. The van der Waals surface area contributed by atoms with Gasteiger partial charge in [0.15, 0.2) is 0 Å². The summed E-state index contributed by atoms with van der Waals surface area (Å²) >= 11 is 6.01. The number of nitrogens with two attached hydrogens (primary N) is 1. The molecule has 0 radical (unpaired) electrons. The summed E-state index contributed by atoms with van der Waals surface area (Å²) in [5.74, 6) is 0.920. The molecule has 1 heterocycles. The van der Waals surface area contributed by atoms with Gasteiger partial charge in [-0.15, -0.1) is 0 Å². The highest BCUT2D eigenvalue weighted by Crippen LogP contribution is 2.35.